The normalized spacial score (nSPS) is 12.2. The van der Waals surface area contributed by atoms with Crippen LogP contribution in [-0.4, -0.2) is 18.3 Å². The summed E-state index contributed by atoms with van der Waals surface area (Å²) >= 11 is -2.00. The van der Waals surface area contributed by atoms with Gasteiger partial charge in [-0.3, -0.25) is 0 Å². The number of rotatable bonds is 3. The first-order valence-electron chi connectivity index (χ1n) is 9.18. The maximum atomic E-state index is 4.95. The minimum atomic E-state index is -2.00. The van der Waals surface area contributed by atoms with Gasteiger partial charge in [-0.25, -0.2) is 0 Å². The molecule has 0 fully saturated rings. The summed E-state index contributed by atoms with van der Waals surface area (Å²) in [6.45, 7) is 8.86. The molecule has 0 radical (unpaired) electrons. The van der Waals surface area contributed by atoms with E-state index < -0.39 is 13.3 Å². The third-order valence-electron chi connectivity index (χ3n) is 4.88. The summed E-state index contributed by atoms with van der Waals surface area (Å²) in [6.07, 6.45) is 2.17. The van der Waals surface area contributed by atoms with E-state index in [2.05, 4.69) is 87.6 Å². The molecule has 3 aromatic rings. The Morgan fingerprint density at radius 1 is 0.840 bits per heavy atom. The van der Waals surface area contributed by atoms with Crippen molar-refractivity contribution < 1.29 is 0 Å². The van der Waals surface area contributed by atoms with Gasteiger partial charge in [0.05, 0.1) is 0 Å². The predicted molar refractivity (Wildman–Crippen MR) is 114 cm³/mol. The van der Waals surface area contributed by atoms with Crippen LogP contribution in [0.4, 0.5) is 0 Å². The summed E-state index contributed by atoms with van der Waals surface area (Å²) in [6, 6.07) is 13.7. The van der Waals surface area contributed by atoms with Crippen LogP contribution in [0.5, 0.6) is 0 Å². The van der Waals surface area contributed by atoms with Crippen molar-refractivity contribution in [2.45, 2.75) is 50.9 Å². The minimum absolute atomic E-state index is 0.544. The Morgan fingerprint density at radius 3 is 2.04 bits per heavy atom. The van der Waals surface area contributed by atoms with Crippen LogP contribution < -0.4 is 4.40 Å². The van der Waals surface area contributed by atoms with Crippen LogP contribution in [0.25, 0.3) is 22.0 Å². The Bertz CT molecular complexity index is 912. The molecule has 1 nitrogen and oxygen atoms in total. The zero-order chi connectivity index (χ0) is 18.4. The summed E-state index contributed by atoms with van der Waals surface area (Å²) in [7, 11) is 0. The van der Waals surface area contributed by atoms with Crippen molar-refractivity contribution in [1.82, 2.24) is 4.98 Å². The average molecular weight is 392 g/mol. The van der Waals surface area contributed by atoms with Crippen LogP contribution in [0.1, 0.15) is 36.5 Å². The first kappa shape index (κ1) is 18.2. The Balaban J connectivity index is 2.35. The Labute approximate surface area is 154 Å². The second-order valence-corrected chi connectivity index (χ2v) is 19.2. The third kappa shape index (κ3) is 3.67. The molecule has 0 atom stereocenters. The van der Waals surface area contributed by atoms with Crippen molar-refractivity contribution in [2.75, 3.05) is 0 Å². The first-order chi connectivity index (χ1) is 11.7. The Morgan fingerprint density at radius 2 is 1.48 bits per heavy atom. The van der Waals surface area contributed by atoms with E-state index in [4.69, 9.17) is 4.98 Å². The number of pyridine rings is 1. The van der Waals surface area contributed by atoms with Crippen LogP contribution in [0.2, 0.25) is 17.3 Å². The summed E-state index contributed by atoms with van der Waals surface area (Å²) in [5, 5.41) is 2.72. The van der Waals surface area contributed by atoms with Crippen molar-refractivity contribution in [3.8, 4) is 11.3 Å². The monoisotopic (exact) mass is 393 g/mol. The van der Waals surface area contributed by atoms with E-state index in [0.717, 1.165) is 5.69 Å². The quantitative estimate of drug-likeness (QED) is 0.485. The van der Waals surface area contributed by atoms with E-state index in [-0.39, 0.29) is 0 Å². The molecule has 0 spiro atoms. The molecule has 0 N–H and O–H groups in total. The summed E-state index contributed by atoms with van der Waals surface area (Å²) in [4.78, 5) is 4.95. The second-order valence-electron chi connectivity index (χ2n) is 8.61. The molecular weight excluding hydrogens is 363 g/mol. The van der Waals surface area contributed by atoms with Gasteiger partial charge in [-0.2, -0.15) is 0 Å². The van der Waals surface area contributed by atoms with Gasteiger partial charge >= 0.3 is 155 Å². The van der Waals surface area contributed by atoms with Crippen LogP contribution in [0.15, 0.2) is 42.6 Å². The number of fused-ring (bicyclic) bond motifs is 1. The number of aryl methyl sites for hydroxylation is 2. The molecule has 3 rings (SSSR count). The number of hydrogen-bond acceptors (Lipinski definition) is 1. The fourth-order valence-corrected chi connectivity index (χ4v) is 6.63. The summed E-state index contributed by atoms with van der Waals surface area (Å²) < 4.78 is 1.51. The molecule has 2 aromatic carbocycles. The van der Waals surface area contributed by atoms with Gasteiger partial charge in [-0.05, 0) is 0 Å². The first-order valence-corrected chi connectivity index (χ1v) is 16.5. The van der Waals surface area contributed by atoms with Crippen molar-refractivity contribution in [3.63, 3.8) is 0 Å². The molecule has 25 heavy (non-hydrogen) atoms. The molecule has 0 amide bonds. The van der Waals surface area contributed by atoms with E-state index in [1.54, 1.807) is 0 Å². The van der Waals surface area contributed by atoms with Crippen molar-refractivity contribution in [2.24, 2.45) is 0 Å². The van der Waals surface area contributed by atoms with Gasteiger partial charge in [-0.15, -0.1) is 0 Å². The molecule has 0 unspecified atom stereocenters. The van der Waals surface area contributed by atoms with E-state index in [9.17, 15) is 0 Å². The predicted octanol–water partition coefficient (Wildman–Crippen LogP) is 6.19. The molecular formula is C23H29GeN. The van der Waals surface area contributed by atoms with Crippen molar-refractivity contribution in [3.05, 3.63) is 59.3 Å². The molecule has 0 bridgehead atoms. The van der Waals surface area contributed by atoms with Crippen molar-refractivity contribution >= 4 is 28.4 Å². The number of nitrogens with zero attached hydrogens (tertiary/aromatic N) is 1. The summed E-state index contributed by atoms with van der Waals surface area (Å²) in [5.41, 5.74) is 6.35. The standard InChI is InChI=1S/C23H29GeN/c1-15(2)18-8-9-20-21(13-18)22(24(5,6)7)14-25-23(20)19-11-16(3)10-17(4)12-19/h8-15H,1-7H3. The van der Waals surface area contributed by atoms with Gasteiger partial charge in [0.1, 0.15) is 0 Å². The zero-order valence-corrected chi connectivity index (χ0v) is 18.7. The molecule has 0 aliphatic carbocycles. The van der Waals surface area contributed by atoms with Crippen LogP contribution in [0.3, 0.4) is 0 Å². The average Bonchev–Trinajstić information content (AvgIpc) is 2.51. The fourth-order valence-electron chi connectivity index (χ4n) is 3.56. The Kier molecular flexibility index (Phi) is 4.81. The second kappa shape index (κ2) is 6.60. The molecule has 0 aliphatic rings. The van der Waals surface area contributed by atoms with E-state index in [1.165, 1.54) is 37.4 Å². The van der Waals surface area contributed by atoms with Gasteiger partial charge in [-0.1, -0.05) is 0 Å². The van der Waals surface area contributed by atoms with E-state index in [1.807, 2.05) is 0 Å². The third-order valence-corrected chi connectivity index (χ3v) is 9.11. The van der Waals surface area contributed by atoms with Crippen LogP contribution >= 0.6 is 0 Å². The summed E-state index contributed by atoms with van der Waals surface area (Å²) in [5.74, 6) is 7.90. The van der Waals surface area contributed by atoms with Crippen molar-refractivity contribution in [1.29, 1.82) is 0 Å². The topological polar surface area (TPSA) is 12.9 Å². The van der Waals surface area contributed by atoms with E-state index in [0.29, 0.717) is 5.92 Å². The molecule has 130 valence electrons. The van der Waals surface area contributed by atoms with Gasteiger partial charge in [0, 0.05) is 0 Å². The molecule has 0 saturated heterocycles. The molecule has 2 heteroatoms. The SMILES string of the molecule is Cc1cc(C)cc(-c2nc[c]([Ge]([CH3])([CH3])[CH3])c3cc(C(C)C)ccc23)c1. The molecule has 1 heterocycles. The fraction of sp³-hybridized carbons (Fsp3) is 0.348. The van der Waals surface area contributed by atoms with Crippen LogP contribution in [-0.2, 0) is 0 Å². The maximum absolute atomic E-state index is 4.95. The Hall–Kier alpha value is -1.61. The van der Waals surface area contributed by atoms with Gasteiger partial charge in [0.15, 0.2) is 0 Å². The number of hydrogen-bond donors (Lipinski definition) is 0. The van der Waals surface area contributed by atoms with Gasteiger partial charge in [0.25, 0.3) is 0 Å². The molecule has 0 aliphatic heterocycles. The number of benzene rings is 2. The van der Waals surface area contributed by atoms with Gasteiger partial charge < -0.3 is 0 Å². The van der Waals surface area contributed by atoms with E-state index >= 15 is 0 Å². The number of aromatic nitrogens is 1. The molecule has 1 aromatic heterocycles. The molecule has 0 saturated carbocycles. The van der Waals surface area contributed by atoms with Crippen LogP contribution in [0, 0.1) is 13.8 Å². The van der Waals surface area contributed by atoms with Gasteiger partial charge in [0.2, 0.25) is 0 Å². The zero-order valence-electron chi connectivity index (χ0n) is 16.6.